The number of nitrogens with zero attached hydrogens (tertiary/aromatic N) is 1. The van der Waals surface area contributed by atoms with E-state index in [1.807, 2.05) is 17.5 Å². The number of aliphatic hydroxyl groups excluding tert-OH is 1. The number of thiophene rings is 2. The highest BCUT2D eigenvalue weighted by Crippen LogP contribution is 2.30. The number of morpholine rings is 1. The molecule has 2 aromatic heterocycles. The second-order valence-electron chi connectivity index (χ2n) is 4.19. The van der Waals surface area contributed by atoms with Crippen molar-refractivity contribution in [2.24, 2.45) is 0 Å². The van der Waals surface area contributed by atoms with E-state index >= 15 is 0 Å². The van der Waals surface area contributed by atoms with Crippen molar-refractivity contribution < 1.29 is 14.6 Å². The number of carbonyl (C=O) groups is 1. The van der Waals surface area contributed by atoms with Gasteiger partial charge in [-0.15, -0.1) is 22.7 Å². The molecular weight excluding hydrogens is 270 g/mol. The Balaban J connectivity index is 1.79. The number of ether oxygens (including phenoxy) is 1. The van der Waals surface area contributed by atoms with Gasteiger partial charge >= 0.3 is 0 Å². The van der Waals surface area contributed by atoms with E-state index in [9.17, 15) is 4.79 Å². The fourth-order valence-corrected chi connectivity index (χ4v) is 4.12. The molecule has 0 bridgehead atoms. The molecule has 0 aliphatic carbocycles. The molecule has 1 unspecified atom stereocenters. The van der Waals surface area contributed by atoms with Gasteiger partial charge in [0.2, 0.25) is 0 Å². The SMILES string of the molecule is O=C(c1cc2sccc2s1)N1CCOC(CO)C1. The average Bonchev–Trinajstić information content (AvgIpc) is 2.98. The second-order valence-corrected chi connectivity index (χ2v) is 6.22. The topological polar surface area (TPSA) is 49.8 Å². The number of carbonyl (C=O) groups excluding carboxylic acids is 1. The van der Waals surface area contributed by atoms with Crippen molar-refractivity contribution in [3.05, 3.63) is 22.4 Å². The summed E-state index contributed by atoms with van der Waals surface area (Å²) in [4.78, 5) is 14.9. The molecule has 3 rings (SSSR count). The summed E-state index contributed by atoms with van der Waals surface area (Å²) in [5, 5.41) is 11.1. The molecule has 3 heterocycles. The fourth-order valence-electron chi connectivity index (χ4n) is 2.04. The summed E-state index contributed by atoms with van der Waals surface area (Å²) in [6.45, 7) is 1.53. The van der Waals surface area contributed by atoms with Crippen LogP contribution in [-0.4, -0.2) is 48.3 Å². The normalized spacial score (nSPS) is 20.5. The van der Waals surface area contributed by atoms with Crippen LogP contribution in [-0.2, 0) is 4.74 Å². The van der Waals surface area contributed by atoms with Gasteiger partial charge in [0.1, 0.15) is 0 Å². The highest BCUT2D eigenvalue weighted by atomic mass is 32.1. The number of rotatable bonds is 2. The molecule has 6 heteroatoms. The third-order valence-electron chi connectivity index (χ3n) is 2.98. The highest BCUT2D eigenvalue weighted by Gasteiger charge is 2.25. The quantitative estimate of drug-likeness (QED) is 0.914. The van der Waals surface area contributed by atoms with E-state index in [4.69, 9.17) is 9.84 Å². The Morgan fingerprint density at radius 1 is 1.56 bits per heavy atom. The minimum Gasteiger partial charge on any atom is -0.394 e. The number of aliphatic hydroxyl groups is 1. The minimum atomic E-state index is -0.247. The van der Waals surface area contributed by atoms with Crippen molar-refractivity contribution in [2.45, 2.75) is 6.10 Å². The van der Waals surface area contributed by atoms with Crippen LogP contribution in [0, 0.1) is 0 Å². The average molecular weight is 283 g/mol. The van der Waals surface area contributed by atoms with Crippen molar-refractivity contribution in [1.82, 2.24) is 4.90 Å². The zero-order valence-electron chi connectivity index (χ0n) is 9.67. The smallest absolute Gasteiger partial charge is 0.264 e. The maximum absolute atomic E-state index is 12.3. The van der Waals surface area contributed by atoms with Crippen molar-refractivity contribution in [3.63, 3.8) is 0 Å². The Morgan fingerprint density at radius 3 is 3.22 bits per heavy atom. The molecule has 1 amide bonds. The molecule has 1 fully saturated rings. The second kappa shape index (κ2) is 4.97. The Kier molecular flexibility index (Phi) is 3.34. The summed E-state index contributed by atoms with van der Waals surface area (Å²) < 4.78 is 7.67. The molecular formula is C12H13NO3S2. The molecule has 18 heavy (non-hydrogen) atoms. The molecule has 1 N–H and O–H groups in total. The predicted octanol–water partition coefficient (Wildman–Crippen LogP) is 1.80. The van der Waals surface area contributed by atoms with Crippen molar-refractivity contribution >= 4 is 38.0 Å². The molecule has 0 spiro atoms. The molecule has 0 aromatic carbocycles. The van der Waals surface area contributed by atoms with Gasteiger partial charge in [0.15, 0.2) is 0 Å². The zero-order valence-corrected chi connectivity index (χ0v) is 11.3. The van der Waals surface area contributed by atoms with Crippen LogP contribution in [0.15, 0.2) is 17.5 Å². The summed E-state index contributed by atoms with van der Waals surface area (Å²) in [5.41, 5.74) is 0. The van der Waals surface area contributed by atoms with Gasteiger partial charge in [0.05, 0.1) is 24.2 Å². The first-order valence-corrected chi connectivity index (χ1v) is 7.46. The maximum Gasteiger partial charge on any atom is 0.264 e. The predicted molar refractivity (Wildman–Crippen MR) is 72.4 cm³/mol. The van der Waals surface area contributed by atoms with Crippen LogP contribution in [0.5, 0.6) is 0 Å². The van der Waals surface area contributed by atoms with Crippen LogP contribution in [0.25, 0.3) is 9.40 Å². The molecule has 1 atom stereocenters. The monoisotopic (exact) mass is 283 g/mol. The lowest BCUT2D eigenvalue weighted by Crippen LogP contribution is -2.46. The van der Waals surface area contributed by atoms with Crippen LogP contribution in [0.3, 0.4) is 0 Å². The molecule has 1 saturated heterocycles. The van der Waals surface area contributed by atoms with E-state index < -0.39 is 0 Å². The van der Waals surface area contributed by atoms with Crippen LogP contribution in [0.2, 0.25) is 0 Å². The molecule has 1 aliphatic rings. The van der Waals surface area contributed by atoms with E-state index in [1.165, 1.54) is 11.3 Å². The first-order chi connectivity index (χ1) is 8.78. The first kappa shape index (κ1) is 12.1. The van der Waals surface area contributed by atoms with Crippen molar-refractivity contribution in [3.8, 4) is 0 Å². The standard InChI is InChI=1S/C12H13NO3S2/c14-7-8-6-13(2-3-16-8)12(15)11-5-10-9(18-11)1-4-17-10/h1,4-5,8,14H,2-3,6-7H2. The summed E-state index contributed by atoms with van der Waals surface area (Å²) in [7, 11) is 0. The third kappa shape index (κ3) is 2.16. The Bertz CT molecular complexity index is 534. The van der Waals surface area contributed by atoms with Gasteiger partial charge in [-0.1, -0.05) is 0 Å². The molecule has 0 radical (unpaired) electrons. The Hall–Kier alpha value is -0.950. The Morgan fingerprint density at radius 2 is 2.44 bits per heavy atom. The number of hydrogen-bond donors (Lipinski definition) is 1. The number of amides is 1. The van der Waals surface area contributed by atoms with E-state index in [0.29, 0.717) is 19.7 Å². The summed E-state index contributed by atoms with van der Waals surface area (Å²) in [6.07, 6.45) is -0.247. The molecule has 96 valence electrons. The van der Waals surface area contributed by atoms with Gasteiger partial charge in [-0.3, -0.25) is 4.79 Å². The maximum atomic E-state index is 12.3. The van der Waals surface area contributed by atoms with Crippen LogP contribution in [0.4, 0.5) is 0 Å². The van der Waals surface area contributed by atoms with Crippen LogP contribution < -0.4 is 0 Å². The van der Waals surface area contributed by atoms with Gasteiger partial charge in [0.25, 0.3) is 5.91 Å². The summed E-state index contributed by atoms with van der Waals surface area (Å²) in [6, 6.07) is 3.99. The Labute approximate surface area is 112 Å². The van der Waals surface area contributed by atoms with Crippen molar-refractivity contribution in [2.75, 3.05) is 26.3 Å². The van der Waals surface area contributed by atoms with Crippen LogP contribution >= 0.6 is 22.7 Å². The summed E-state index contributed by atoms with van der Waals surface area (Å²) >= 11 is 3.18. The van der Waals surface area contributed by atoms with Gasteiger partial charge < -0.3 is 14.7 Å². The minimum absolute atomic E-state index is 0.0384. The van der Waals surface area contributed by atoms with Gasteiger partial charge in [-0.05, 0) is 17.5 Å². The van der Waals surface area contributed by atoms with Gasteiger partial charge in [0, 0.05) is 22.5 Å². The first-order valence-electron chi connectivity index (χ1n) is 5.76. The zero-order chi connectivity index (χ0) is 12.5. The van der Waals surface area contributed by atoms with E-state index in [1.54, 1.807) is 16.2 Å². The summed E-state index contributed by atoms with van der Waals surface area (Å²) in [5.74, 6) is 0.0464. The lowest BCUT2D eigenvalue weighted by molar-refractivity contribution is -0.0446. The van der Waals surface area contributed by atoms with Crippen LogP contribution in [0.1, 0.15) is 9.67 Å². The number of fused-ring (bicyclic) bond motifs is 1. The van der Waals surface area contributed by atoms with Gasteiger partial charge in [-0.25, -0.2) is 0 Å². The largest absolute Gasteiger partial charge is 0.394 e. The highest BCUT2D eigenvalue weighted by molar-refractivity contribution is 7.27. The molecule has 2 aromatic rings. The third-order valence-corrected chi connectivity index (χ3v) is 5.06. The van der Waals surface area contributed by atoms with Gasteiger partial charge in [-0.2, -0.15) is 0 Å². The molecule has 4 nitrogen and oxygen atoms in total. The lowest BCUT2D eigenvalue weighted by atomic mass is 10.2. The van der Waals surface area contributed by atoms with E-state index in [-0.39, 0.29) is 18.6 Å². The molecule has 1 aliphatic heterocycles. The van der Waals surface area contributed by atoms with E-state index in [0.717, 1.165) is 14.3 Å². The fraction of sp³-hybridized carbons (Fsp3) is 0.417. The van der Waals surface area contributed by atoms with Crippen molar-refractivity contribution in [1.29, 1.82) is 0 Å². The number of hydrogen-bond acceptors (Lipinski definition) is 5. The molecule has 0 saturated carbocycles. The lowest BCUT2D eigenvalue weighted by Gasteiger charge is -2.31. The van der Waals surface area contributed by atoms with E-state index in [2.05, 4.69) is 0 Å².